The van der Waals surface area contributed by atoms with Crippen LogP contribution in [0.1, 0.15) is 18.1 Å². The number of amides is 2. The second-order valence-electron chi connectivity index (χ2n) is 5.99. The Balaban J connectivity index is 2.05. The molecule has 0 radical (unpaired) electrons. The van der Waals surface area contributed by atoms with Crippen LogP contribution in [0.25, 0.3) is 0 Å². The largest absolute Gasteiger partial charge is 0.357 e. The van der Waals surface area contributed by atoms with E-state index in [0.717, 1.165) is 11.1 Å². The fourth-order valence-corrected chi connectivity index (χ4v) is 4.21. The molecule has 4 nitrogen and oxygen atoms in total. The maximum Gasteiger partial charge on any atom is 0.242 e. The maximum atomic E-state index is 12.8. The zero-order valence-corrected chi connectivity index (χ0v) is 17.6. The summed E-state index contributed by atoms with van der Waals surface area (Å²) in [6.07, 6.45) is 0. The zero-order valence-electron chi connectivity index (χ0n) is 15.2. The van der Waals surface area contributed by atoms with Gasteiger partial charge < -0.3 is 10.2 Å². The van der Waals surface area contributed by atoms with Crippen molar-refractivity contribution in [2.45, 2.75) is 25.3 Å². The fourth-order valence-electron chi connectivity index (χ4n) is 2.57. The van der Waals surface area contributed by atoms with E-state index in [9.17, 15) is 9.59 Å². The Morgan fingerprint density at radius 2 is 1.70 bits per heavy atom. The molecule has 0 fully saturated rings. The molecule has 144 valence electrons. The minimum atomic E-state index is -0.563. The number of benzene rings is 2. The van der Waals surface area contributed by atoms with Gasteiger partial charge in [0.15, 0.2) is 0 Å². The molecule has 2 aromatic rings. The highest BCUT2D eigenvalue weighted by molar-refractivity contribution is 7.99. The Hall–Kier alpha value is -1.69. The van der Waals surface area contributed by atoms with E-state index in [0.29, 0.717) is 22.3 Å². The van der Waals surface area contributed by atoms with Crippen LogP contribution in [0.15, 0.2) is 48.5 Å². The number of nitrogens with zero attached hydrogens (tertiary/aromatic N) is 1. The average molecular weight is 425 g/mol. The molecule has 1 unspecified atom stereocenters. The van der Waals surface area contributed by atoms with Crippen molar-refractivity contribution in [1.82, 2.24) is 10.2 Å². The number of likely N-dealkylation sites (N-methyl/N-ethyl adjacent to an activating group) is 1. The molecule has 0 spiro atoms. The Morgan fingerprint density at radius 3 is 2.30 bits per heavy atom. The number of carbonyl (C=O) groups excluding carboxylic acids is 2. The van der Waals surface area contributed by atoms with Crippen LogP contribution in [-0.2, 0) is 21.9 Å². The van der Waals surface area contributed by atoms with Gasteiger partial charge in [0.05, 0.1) is 5.75 Å². The number of halogens is 2. The second kappa shape index (κ2) is 10.6. The van der Waals surface area contributed by atoms with Crippen molar-refractivity contribution >= 4 is 46.8 Å². The lowest BCUT2D eigenvalue weighted by Gasteiger charge is -2.28. The molecule has 0 aliphatic heterocycles. The molecule has 0 aliphatic carbocycles. The van der Waals surface area contributed by atoms with Gasteiger partial charge in [0.2, 0.25) is 11.8 Å². The van der Waals surface area contributed by atoms with Crippen LogP contribution in [0.3, 0.4) is 0 Å². The van der Waals surface area contributed by atoms with Crippen molar-refractivity contribution in [3.05, 3.63) is 69.7 Å². The van der Waals surface area contributed by atoms with E-state index in [1.807, 2.05) is 30.3 Å². The van der Waals surface area contributed by atoms with Crippen LogP contribution in [0.5, 0.6) is 0 Å². The van der Waals surface area contributed by atoms with Gasteiger partial charge in [0.1, 0.15) is 6.04 Å². The summed E-state index contributed by atoms with van der Waals surface area (Å²) in [6, 6.07) is 14.4. The van der Waals surface area contributed by atoms with Crippen LogP contribution in [0, 0.1) is 0 Å². The van der Waals surface area contributed by atoms with E-state index >= 15 is 0 Å². The standard InChI is InChI=1S/C20H22Cl2N2O2S/c1-14(20(26)23-2)24(11-15-7-4-3-5-8-15)19(25)13-27-12-16-17(21)9-6-10-18(16)22/h3-10,14H,11-13H2,1-2H3,(H,23,26). The highest BCUT2D eigenvalue weighted by atomic mass is 35.5. The van der Waals surface area contributed by atoms with Crippen molar-refractivity contribution in [3.63, 3.8) is 0 Å². The summed E-state index contributed by atoms with van der Waals surface area (Å²) in [5.74, 6) is 0.453. The molecule has 0 bridgehead atoms. The minimum absolute atomic E-state index is 0.108. The van der Waals surface area contributed by atoms with Crippen LogP contribution < -0.4 is 5.32 Å². The molecular weight excluding hydrogens is 403 g/mol. The predicted octanol–water partition coefficient (Wildman–Crippen LogP) is 4.39. The number of rotatable bonds is 8. The summed E-state index contributed by atoms with van der Waals surface area (Å²) in [7, 11) is 1.57. The van der Waals surface area contributed by atoms with Gasteiger partial charge in [0, 0.05) is 29.4 Å². The average Bonchev–Trinajstić information content (AvgIpc) is 2.67. The number of hydrogen-bond acceptors (Lipinski definition) is 3. The zero-order chi connectivity index (χ0) is 19.8. The Bertz CT molecular complexity index is 767. The van der Waals surface area contributed by atoms with E-state index in [1.54, 1.807) is 37.1 Å². The molecule has 2 amide bonds. The summed E-state index contributed by atoms with van der Waals surface area (Å²) >= 11 is 13.8. The monoisotopic (exact) mass is 424 g/mol. The third kappa shape index (κ3) is 6.16. The quantitative estimate of drug-likeness (QED) is 0.683. The summed E-state index contributed by atoms with van der Waals surface area (Å²) in [4.78, 5) is 26.5. The first kappa shape index (κ1) is 21.6. The lowest BCUT2D eigenvalue weighted by molar-refractivity contribution is -0.138. The van der Waals surface area contributed by atoms with Crippen molar-refractivity contribution in [2.75, 3.05) is 12.8 Å². The van der Waals surface area contributed by atoms with E-state index in [1.165, 1.54) is 11.8 Å². The Kier molecular flexibility index (Phi) is 8.48. The number of nitrogens with one attached hydrogen (secondary N) is 1. The van der Waals surface area contributed by atoms with E-state index < -0.39 is 6.04 Å². The van der Waals surface area contributed by atoms with Crippen LogP contribution in [-0.4, -0.2) is 35.6 Å². The van der Waals surface area contributed by atoms with Crippen molar-refractivity contribution in [2.24, 2.45) is 0 Å². The molecule has 0 heterocycles. The number of thioether (sulfide) groups is 1. The third-order valence-electron chi connectivity index (χ3n) is 4.14. The highest BCUT2D eigenvalue weighted by Crippen LogP contribution is 2.28. The molecule has 0 aliphatic rings. The molecule has 2 aromatic carbocycles. The van der Waals surface area contributed by atoms with Crippen LogP contribution in [0.4, 0.5) is 0 Å². The fraction of sp³-hybridized carbons (Fsp3) is 0.300. The van der Waals surface area contributed by atoms with Gasteiger partial charge in [-0.25, -0.2) is 0 Å². The Labute approximate surface area is 174 Å². The predicted molar refractivity (Wildman–Crippen MR) is 113 cm³/mol. The summed E-state index contributed by atoms with van der Waals surface area (Å²) in [5, 5.41) is 3.78. The van der Waals surface area contributed by atoms with E-state index in [-0.39, 0.29) is 17.6 Å². The second-order valence-corrected chi connectivity index (χ2v) is 7.79. The SMILES string of the molecule is CNC(=O)C(C)N(Cc1ccccc1)C(=O)CSCc1c(Cl)cccc1Cl. The number of hydrogen-bond donors (Lipinski definition) is 1. The van der Waals surface area contributed by atoms with E-state index in [2.05, 4.69) is 5.32 Å². The smallest absolute Gasteiger partial charge is 0.242 e. The van der Waals surface area contributed by atoms with Gasteiger partial charge >= 0.3 is 0 Å². The molecular formula is C20H22Cl2N2O2S. The molecule has 1 N–H and O–H groups in total. The Morgan fingerprint density at radius 1 is 1.07 bits per heavy atom. The van der Waals surface area contributed by atoms with Gasteiger partial charge in [-0.15, -0.1) is 11.8 Å². The summed E-state index contributed by atoms with van der Waals surface area (Å²) < 4.78 is 0. The molecule has 0 saturated carbocycles. The van der Waals surface area contributed by atoms with Crippen molar-refractivity contribution < 1.29 is 9.59 Å². The summed E-state index contributed by atoms with van der Waals surface area (Å²) in [5.41, 5.74) is 1.79. The first-order valence-corrected chi connectivity index (χ1v) is 10.4. The lowest BCUT2D eigenvalue weighted by Crippen LogP contribution is -2.47. The first-order chi connectivity index (χ1) is 12.9. The molecule has 0 aromatic heterocycles. The molecule has 2 rings (SSSR count). The lowest BCUT2D eigenvalue weighted by atomic mass is 10.1. The van der Waals surface area contributed by atoms with Crippen LogP contribution in [0.2, 0.25) is 10.0 Å². The normalized spacial score (nSPS) is 11.7. The van der Waals surface area contributed by atoms with Crippen molar-refractivity contribution in [1.29, 1.82) is 0 Å². The maximum absolute atomic E-state index is 12.8. The van der Waals surface area contributed by atoms with Crippen molar-refractivity contribution in [3.8, 4) is 0 Å². The molecule has 0 saturated heterocycles. The van der Waals surface area contributed by atoms with Gasteiger partial charge in [-0.3, -0.25) is 9.59 Å². The van der Waals surface area contributed by atoms with Crippen LogP contribution >= 0.6 is 35.0 Å². The summed E-state index contributed by atoms with van der Waals surface area (Å²) in [6.45, 7) is 2.11. The van der Waals surface area contributed by atoms with Gasteiger partial charge in [-0.05, 0) is 30.2 Å². The topological polar surface area (TPSA) is 49.4 Å². The van der Waals surface area contributed by atoms with Gasteiger partial charge in [0.25, 0.3) is 0 Å². The highest BCUT2D eigenvalue weighted by Gasteiger charge is 2.25. The molecule has 27 heavy (non-hydrogen) atoms. The van der Waals surface area contributed by atoms with Gasteiger partial charge in [-0.1, -0.05) is 59.6 Å². The van der Waals surface area contributed by atoms with Gasteiger partial charge in [-0.2, -0.15) is 0 Å². The third-order valence-corrected chi connectivity index (χ3v) is 5.80. The minimum Gasteiger partial charge on any atom is -0.357 e. The first-order valence-electron chi connectivity index (χ1n) is 8.49. The number of carbonyl (C=O) groups is 2. The molecule has 1 atom stereocenters. The van der Waals surface area contributed by atoms with E-state index in [4.69, 9.17) is 23.2 Å². The molecule has 7 heteroatoms.